The zero-order valence-corrected chi connectivity index (χ0v) is 10.9. The largest absolute Gasteiger partial charge is 0.299 e. The third kappa shape index (κ3) is 2.41. The number of hydrogen-bond acceptors (Lipinski definition) is 1. The Balaban J connectivity index is 2.05. The molecule has 0 spiro atoms. The first-order valence-electron chi connectivity index (χ1n) is 5.37. The van der Waals surface area contributed by atoms with Gasteiger partial charge < -0.3 is 0 Å². The van der Waals surface area contributed by atoms with Gasteiger partial charge in [-0.05, 0) is 29.5 Å². The number of halogens is 2. The SMILES string of the molecule is CC1(C)CC1C(=O)Cc1ccc(Cl)c(Cl)c1. The molecule has 1 atom stereocenters. The first-order chi connectivity index (χ1) is 7.40. The minimum Gasteiger partial charge on any atom is -0.299 e. The van der Waals surface area contributed by atoms with Gasteiger partial charge in [0.25, 0.3) is 0 Å². The summed E-state index contributed by atoms with van der Waals surface area (Å²) in [6, 6.07) is 5.38. The molecule has 0 saturated heterocycles. The van der Waals surface area contributed by atoms with Crippen LogP contribution in [-0.4, -0.2) is 5.78 Å². The molecule has 0 amide bonds. The third-order valence-corrected chi connectivity index (χ3v) is 4.00. The van der Waals surface area contributed by atoms with Gasteiger partial charge >= 0.3 is 0 Å². The van der Waals surface area contributed by atoms with Crippen LogP contribution in [0.2, 0.25) is 10.0 Å². The van der Waals surface area contributed by atoms with Gasteiger partial charge in [-0.2, -0.15) is 0 Å². The van der Waals surface area contributed by atoms with Crippen molar-refractivity contribution in [2.24, 2.45) is 11.3 Å². The molecule has 0 aromatic heterocycles. The molecule has 1 aliphatic rings. The van der Waals surface area contributed by atoms with Crippen LogP contribution in [0.1, 0.15) is 25.8 Å². The summed E-state index contributed by atoms with van der Waals surface area (Å²) < 4.78 is 0. The maximum absolute atomic E-state index is 11.9. The van der Waals surface area contributed by atoms with Crippen molar-refractivity contribution in [1.29, 1.82) is 0 Å². The monoisotopic (exact) mass is 256 g/mol. The first kappa shape index (κ1) is 11.9. The molecule has 0 aliphatic heterocycles. The maximum atomic E-state index is 11.9. The lowest BCUT2D eigenvalue weighted by Gasteiger charge is -2.04. The fourth-order valence-electron chi connectivity index (χ4n) is 1.99. The Kier molecular flexibility index (Phi) is 3.02. The highest BCUT2D eigenvalue weighted by atomic mass is 35.5. The van der Waals surface area contributed by atoms with E-state index in [-0.39, 0.29) is 11.3 Å². The van der Waals surface area contributed by atoms with Gasteiger partial charge in [0.1, 0.15) is 5.78 Å². The van der Waals surface area contributed by atoms with E-state index in [4.69, 9.17) is 23.2 Å². The zero-order chi connectivity index (χ0) is 11.9. The predicted octanol–water partition coefficient (Wildman–Crippen LogP) is 4.15. The van der Waals surface area contributed by atoms with Crippen LogP contribution >= 0.6 is 23.2 Å². The minimum absolute atomic E-state index is 0.202. The van der Waals surface area contributed by atoms with Gasteiger partial charge in [-0.15, -0.1) is 0 Å². The van der Waals surface area contributed by atoms with Crippen LogP contribution in [0.4, 0.5) is 0 Å². The molecule has 1 aliphatic carbocycles. The van der Waals surface area contributed by atoms with Gasteiger partial charge in [-0.3, -0.25) is 4.79 Å². The van der Waals surface area contributed by atoms with Gasteiger partial charge in [-0.25, -0.2) is 0 Å². The van der Waals surface area contributed by atoms with E-state index < -0.39 is 0 Å². The molecular formula is C13H14Cl2O. The van der Waals surface area contributed by atoms with Crippen LogP contribution in [0.15, 0.2) is 18.2 Å². The maximum Gasteiger partial charge on any atom is 0.140 e. The molecule has 1 fully saturated rings. The Bertz CT molecular complexity index is 438. The number of hydrogen-bond donors (Lipinski definition) is 0. The summed E-state index contributed by atoms with van der Waals surface area (Å²) >= 11 is 11.7. The lowest BCUT2D eigenvalue weighted by Crippen LogP contribution is -2.09. The van der Waals surface area contributed by atoms with Gasteiger partial charge in [0.2, 0.25) is 0 Å². The first-order valence-corrected chi connectivity index (χ1v) is 6.12. The number of benzene rings is 1. The molecule has 86 valence electrons. The average Bonchev–Trinajstić information content (AvgIpc) is 2.82. The smallest absolute Gasteiger partial charge is 0.140 e. The summed E-state index contributed by atoms with van der Waals surface area (Å²) in [5.74, 6) is 0.533. The molecule has 3 heteroatoms. The van der Waals surface area contributed by atoms with Crippen molar-refractivity contribution < 1.29 is 4.79 Å². The topological polar surface area (TPSA) is 17.1 Å². The van der Waals surface area contributed by atoms with E-state index in [9.17, 15) is 4.79 Å². The molecular weight excluding hydrogens is 243 g/mol. The Labute approximate surface area is 106 Å². The van der Waals surface area contributed by atoms with E-state index in [0.29, 0.717) is 22.2 Å². The van der Waals surface area contributed by atoms with Crippen LogP contribution in [0.3, 0.4) is 0 Å². The van der Waals surface area contributed by atoms with Gasteiger partial charge in [0.05, 0.1) is 10.0 Å². The van der Waals surface area contributed by atoms with Crippen molar-refractivity contribution in [2.75, 3.05) is 0 Å². The number of ketones is 1. The number of Topliss-reactive ketones (excluding diaryl/α,β-unsaturated/α-hetero) is 1. The fraction of sp³-hybridized carbons (Fsp3) is 0.462. The lowest BCUT2D eigenvalue weighted by atomic mass is 10.0. The van der Waals surface area contributed by atoms with E-state index >= 15 is 0 Å². The van der Waals surface area contributed by atoms with Gasteiger partial charge in [0, 0.05) is 12.3 Å². The molecule has 0 radical (unpaired) electrons. The summed E-state index contributed by atoms with van der Waals surface area (Å²) in [5, 5.41) is 1.05. The van der Waals surface area contributed by atoms with Crippen LogP contribution in [0.5, 0.6) is 0 Å². The minimum atomic E-state index is 0.202. The molecule has 1 aromatic rings. The van der Waals surface area contributed by atoms with Crippen molar-refractivity contribution in [2.45, 2.75) is 26.7 Å². The summed E-state index contributed by atoms with van der Waals surface area (Å²) in [6.07, 6.45) is 1.47. The molecule has 1 nitrogen and oxygen atoms in total. The Hall–Kier alpha value is -0.530. The summed E-state index contributed by atoms with van der Waals surface area (Å²) in [6.45, 7) is 4.26. The Morgan fingerprint density at radius 1 is 1.38 bits per heavy atom. The highest BCUT2D eigenvalue weighted by molar-refractivity contribution is 6.42. The van der Waals surface area contributed by atoms with Crippen molar-refractivity contribution in [3.05, 3.63) is 33.8 Å². The number of carbonyl (C=O) groups excluding carboxylic acids is 1. The average molecular weight is 257 g/mol. The summed E-state index contributed by atoms with van der Waals surface area (Å²) in [7, 11) is 0. The quantitative estimate of drug-likeness (QED) is 0.794. The fourth-order valence-corrected chi connectivity index (χ4v) is 2.31. The summed E-state index contributed by atoms with van der Waals surface area (Å²) in [5.41, 5.74) is 1.15. The van der Waals surface area contributed by atoms with Gasteiger partial charge in [0.15, 0.2) is 0 Å². The van der Waals surface area contributed by atoms with E-state index in [1.165, 1.54) is 0 Å². The van der Waals surface area contributed by atoms with E-state index in [2.05, 4.69) is 13.8 Å². The third-order valence-electron chi connectivity index (χ3n) is 3.26. The Morgan fingerprint density at radius 3 is 2.50 bits per heavy atom. The molecule has 2 rings (SSSR count). The Morgan fingerprint density at radius 2 is 2.00 bits per heavy atom. The van der Waals surface area contributed by atoms with E-state index in [1.807, 2.05) is 6.07 Å². The predicted molar refractivity (Wildman–Crippen MR) is 67.1 cm³/mol. The van der Waals surface area contributed by atoms with Crippen molar-refractivity contribution in [3.63, 3.8) is 0 Å². The number of rotatable bonds is 3. The van der Waals surface area contributed by atoms with E-state index in [0.717, 1.165) is 12.0 Å². The van der Waals surface area contributed by atoms with E-state index in [1.54, 1.807) is 12.1 Å². The second-order valence-electron chi connectivity index (χ2n) is 5.14. The van der Waals surface area contributed by atoms with Crippen molar-refractivity contribution in [1.82, 2.24) is 0 Å². The van der Waals surface area contributed by atoms with Gasteiger partial charge in [-0.1, -0.05) is 43.1 Å². The van der Waals surface area contributed by atoms with Crippen LogP contribution in [0.25, 0.3) is 0 Å². The second-order valence-corrected chi connectivity index (χ2v) is 5.95. The molecule has 1 saturated carbocycles. The molecule has 0 bridgehead atoms. The molecule has 16 heavy (non-hydrogen) atoms. The zero-order valence-electron chi connectivity index (χ0n) is 9.39. The van der Waals surface area contributed by atoms with Crippen LogP contribution < -0.4 is 0 Å². The van der Waals surface area contributed by atoms with Crippen molar-refractivity contribution >= 4 is 29.0 Å². The second kappa shape index (κ2) is 4.05. The van der Waals surface area contributed by atoms with Crippen molar-refractivity contribution in [3.8, 4) is 0 Å². The summed E-state index contributed by atoms with van der Waals surface area (Å²) in [4.78, 5) is 11.9. The lowest BCUT2D eigenvalue weighted by molar-refractivity contribution is -0.120. The molecule has 0 N–H and O–H groups in total. The van der Waals surface area contributed by atoms with Crippen LogP contribution in [0, 0.1) is 11.3 Å². The molecule has 1 unspecified atom stereocenters. The molecule has 1 aromatic carbocycles. The molecule has 0 heterocycles. The highest BCUT2D eigenvalue weighted by Crippen LogP contribution is 2.52. The normalized spacial score (nSPS) is 21.9. The van der Waals surface area contributed by atoms with Crippen LogP contribution in [-0.2, 0) is 11.2 Å². The highest BCUT2D eigenvalue weighted by Gasteiger charge is 2.49. The standard InChI is InChI=1S/C13H14Cl2O/c1-13(2)7-9(13)12(16)6-8-3-4-10(14)11(15)5-8/h3-5,9H,6-7H2,1-2H3. The number of carbonyl (C=O) groups is 1.